The van der Waals surface area contributed by atoms with Gasteiger partial charge in [-0.2, -0.15) is 0 Å². The molecule has 1 aliphatic rings. The lowest BCUT2D eigenvalue weighted by atomic mass is 9.98. The van der Waals surface area contributed by atoms with E-state index in [1.54, 1.807) is 6.92 Å². The van der Waals surface area contributed by atoms with E-state index in [-0.39, 0.29) is 11.9 Å². The van der Waals surface area contributed by atoms with Gasteiger partial charge in [0.2, 0.25) is 0 Å². The number of nitrogens with one attached hydrogen (secondary N) is 1. The van der Waals surface area contributed by atoms with E-state index >= 15 is 0 Å². The summed E-state index contributed by atoms with van der Waals surface area (Å²) in [6.07, 6.45) is 1.95. The van der Waals surface area contributed by atoms with Crippen molar-refractivity contribution in [3.8, 4) is 5.75 Å². The van der Waals surface area contributed by atoms with E-state index in [4.69, 9.17) is 4.74 Å². The maximum absolute atomic E-state index is 12.5. The number of amides is 1. The van der Waals surface area contributed by atoms with E-state index in [1.807, 2.05) is 31.2 Å². The van der Waals surface area contributed by atoms with Crippen molar-refractivity contribution in [2.75, 3.05) is 18.0 Å². The molecule has 0 aromatic heterocycles. The molecule has 4 nitrogen and oxygen atoms in total. The molecular weight excluding hydrogens is 416 g/mol. The first-order valence-electron chi connectivity index (χ1n) is 10.00. The van der Waals surface area contributed by atoms with Crippen molar-refractivity contribution < 1.29 is 9.53 Å². The zero-order chi connectivity index (χ0) is 20.1. The summed E-state index contributed by atoms with van der Waals surface area (Å²) >= 11 is 3.39. The quantitative estimate of drug-likeness (QED) is 0.654. The number of hydrogen-bond acceptors (Lipinski definition) is 3. The molecule has 0 spiro atoms. The average Bonchev–Trinajstić information content (AvgIpc) is 2.70. The summed E-state index contributed by atoms with van der Waals surface area (Å²) in [7, 11) is 0. The smallest absolute Gasteiger partial charge is 0.261 e. The highest BCUT2D eigenvalue weighted by atomic mass is 79.9. The summed E-state index contributed by atoms with van der Waals surface area (Å²) in [4.78, 5) is 14.9. The Kier molecular flexibility index (Phi) is 7.00. The Hall–Kier alpha value is -2.01. The summed E-state index contributed by atoms with van der Waals surface area (Å²) in [5.74, 6) is 1.38. The van der Waals surface area contributed by atoms with Crippen molar-refractivity contribution in [2.45, 2.75) is 45.8 Å². The molecular formula is C23H29BrN2O2. The zero-order valence-electron chi connectivity index (χ0n) is 16.8. The molecule has 1 N–H and O–H groups in total. The van der Waals surface area contributed by atoms with Gasteiger partial charge in [-0.25, -0.2) is 0 Å². The Bertz CT molecular complexity index is 768. The first-order valence-corrected chi connectivity index (χ1v) is 10.8. The Labute approximate surface area is 176 Å². The van der Waals surface area contributed by atoms with Crippen molar-refractivity contribution in [3.05, 3.63) is 58.6 Å². The topological polar surface area (TPSA) is 41.6 Å². The number of halogens is 1. The van der Waals surface area contributed by atoms with Gasteiger partial charge in [-0.15, -0.1) is 0 Å². The van der Waals surface area contributed by atoms with Crippen LogP contribution in [0.2, 0.25) is 0 Å². The molecule has 0 radical (unpaired) electrons. The third-order valence-corrected chi connectivity index (χ3v) is 5.93. The van der Waals surface area contributed by atoms with Gasteiger partial charge in [-0.3, -0.25) is 4.79 Å². The number of piperidine rings is 1. The van der Waals surface area contributed by atoms with Crippen LogP contribution in [0.4, 0.5) is 5.69 Å². The second-order valence-corrected chi connectivity index (χ2v) is 8.62. The van der Waals surface area contributed by atoms with Crippen LogP contribution in [-0.2, 0) is 4.79 Å². The number of rotatable bonds is 6. The van der Waals surface area contributed by atoms with E-state index in [1.165, 1.54) is 18.5 Å². The summed E-state index contributed by atoms with van der Waals surface area (Å²) in [6.45, 7) is 8.34. The van der Waals surface area contributed by atoms with Gasteiger partial charge in [0, 0.05) is 23.2 Å². The van der Waals surface area contributed by atoms with Gasteiger partial charge in [-0.1, -0.05) is 35.0 Å². The third-order valence-electron chi connectivity index (χ3n) is 5.40. The van der Waals surface area contributed by atoms with Gasteiger partial charge in [0.25, 0.3) is 5.91 Å². The fourth-order valence-electron chi connectivity index (χ4n) is 3.43. The SMILES string of the molecule is CC1CCN(c2ccc([C@H](C)NC(=O)[C@H](C)Oc3ccc(Br)cc3)cc2)CC1. The van der Waals surface area contributed by atoms with Gasteiger partial charge < -0.3 is 15.0 Å². The minimum atomic E-state index is -0.557. The van der Waals surface area contributed by atoms with Gasteiger partial charge >= 0.3 is 0 Å². The van der Waals surface area contributed by atoms with Crippen LogP contribution in [0.5, 0.6) is 5.75 Å². The zero-order valence-corrected chi connectivity index (χ0v) is 18.4. The molecule has 2 atom stereocenters. The maximum atomic E-state index is 12.5. The molecule has 1 fully saturated rings. The number of benzene rings is 2. The molecule has 3 rings (SSSR count). The normalized spacial score (nSPS) is 17.1. The molecule has 5 heteroatoms. The minimum absolute atomic E-state index is 0.0705. The highest BCUT2D eigenvalue weighted by Crippen LogP contribution is 2.25. The van der Waals surface area contributed by atoms with Gasteiger partial charge in [0.05, 0.1) is 6.04 Å². The molecule has 0 bridgehead atoms. The van der Waals surface area contributed by atoms with E-state index in [9.17, 15) is 4.79 Å². The monoisotopic (exact) mass is 444 g/mol. The highest BCUT2D eigenvalue weighted by molar-refractivity contribution is 9.10. The summed E-state index contributed by atoms with van der Waals surface area (Å²) in [6, 6.07) is 16.0. The number of carbonyl (C=O) groups is 1. The van der Waals surface area contributed by atoms with Gasteiger partial charge in [-0.05, 0) is 74.6 Å². The van der Waals surface area contributed by atoms with Crippen LogP contribution in [0, 0.1) is 5.92 Å². The summed E-state index contributed by atoms with van der Waals surface area (Å²) in [5.41, 5.74) is 2.36. The van der Waals surface area contributed by atoms with Crippen molar-refractivity contribution in [1.82, 2.24) is 5.32 Å². The highest BCUT2D eigenvalue weighted by Gasteiger charge is 2.19. The number of hydrogen-bond donors (Lipinski definition) is 1. The van der Waals surface area contributed by atoms with E-state index in [2.05, 4.69) is 57.3 Å². The Balaban J connectivity index is 1.53. The van der Waals surface area contributed by atoms with Crippen molar-refractivity contribution in [3.63, 3.8) is 0 Å². The molecule has 150 valence electrons. The molecule has 1 amide bonds. The predicted octanol–water partition coefficient (Wildman–Crippen LogP) is 5.33. The van der Waals surface area contributed by atoms with Crippen molar-refractivity contribution >= 4 is 27.5 Å². The van der Waals surface area contributed by atoms with Crippen LogP contribution in [0.3, 0.4) is 0 Å². The summed E-state index contributed by atoms with van der Waals surface area (Å²) < 4.78 is 6.72. The fraction of sp³-hybridized carbons (Fsp3) is 0.435. The molecule has 1 heterocycles. The Morgan fingerprint density at radius 3 is 2.29 bits per heavy atom. The van der Waals surface area contributed by atoms with Crippen LogP contribution < -0.4 is 15.0 Å². The van der Waals surface area contributed by atoms with Crippen LogP contribution in [-0.4, -0.2) is 25.1 Å². The molecule has 2 aromatic carbocycles. The first kappa shape index (κ1) is 20.7. The minimum Gasteiger partial charge on any atom is -0.481 e. The molecule has 0 unspecified atom stereocenters. The standard InChI is InChI=1S/C23H29BrN2O2/c1-16-12-14-26(15-13-16)21-8-4-19(5-9-21)17(2)25-23(27)18(3)28-22-10-6-20(24)7-11-22/h4-11,16-18H,12-15H2,1-3H3,(H,25,27)/t17-,18-/m0/s1. The summed E-state index contributed by atoms with van der Waals surface area (Å²) in [5, 5.41) is 3.05. The van der Waals surface area contributed by atoms with Crippen LogP contribution in [0.25, 0.3) is 0 Å². The number of carbonyl (C=O) groups excluding carboxylic acids is 1. The second kappa shape index (κ2) is 9.46. The molecule has 2 aromatic rings. The Morgan fingerprint density at radius 2 is 1.68 bits per heavy atom. The van der Waals surface area contributed by atoms with Crippen LogP contribution in [0.1, 0.15) is 45.2 Å². The molecule has 0 saturated carbocycles. The van der Waals surface area contributed by atoms with Gasteiger partial charge in [0.15, 0.2) is 6.10 Å². The van der Waals surface area contributed by atoms with Crippen LogP contribution in [0.15, 0.2) is 53.0 Å². The average molecular weight is 445 g/mol. The largest absolute Gasteiger partial charge is 0.481 e. The molecule has 1 saturated heterocycles. The van der Waals surface area contributed by atoms with E-state index in [0.717, 1.165) is 29.0 Å². The molecule has 0 aliphatic carbocycles. The van der Waals surface area contributed by atoms with E-state index < -0.39 is 6.10 Å². The lowest BCUT2D eigenvalue weighted by molar-refractivity contribution is -0.127. The second-order valence-electron chi connectivity index (χ2n) is 7.71. The van der Waals surface area contributed by atoms with Gasteiger partial charge in [0.1, 0.15) is 5.75 Å². The predicted molar refractivity (Wildman–Crippen MR) is 118 cm³/mol. The van der Waals surface area contributed by atoms with Crippen molar-refractivity contribution in [1.29, 1.82) is 0 Å². The lowest BCUT2D eigenvalue weighted by Crippen LogP contribution is -2.37. The van der Waals surface area contributed by atoms with Crippen LogP contribution >= 0.6 is 15.9 Å². The third kappa shape index (κ3) is 5.51. The first-order chi connectivity index (χ1) is 13.4. The molecule has 1 aliphatic heterocycles. The molecule has 28 heavy (non-hydrogen) atoms. The van der Waals surface area contributed by atoms with Crippen molar-refractivity contribution in [2.24, 2.45) is 5.92 Å². The van der Waals surface area contributed by atoms with E-state index in [0.29, 0.717) is 5.75 Å². The Morgan fingerprint density at radius 1 is 1.07 bits per heavy atom. The number of anilines is 1. The maximum Gasteiger partial charge on any atom is 0.261 e. The lowest BCUT2D eigenvalue weighted by Gasteiger charge is -2.32. The number of ether oxygens (including phenoxy) is 1. The fourth-order valence-corrected chi connectivity index (χ4v) is 3.69. The number of nitrogens with zero attached hydrogens (tertiary/aromatic N) is 1.